The topological polar surface area (TPSA) is 61.6 Å². The summed E-state index contributed by atoms with van der Waals surface area (Å²) in [5.74, 6) is -0.566. The SMILES string of the molecule is COCC(OC(c1ccccc1)(c1ccccc1)c1ccccc1)C(N)=O. The largest absolute Gasteiger partial charge is 0.381 e. The molecule has 0 heterocycles. The van der Waals surface area contributed by atoms with E-state index in [-0.39, 0.29) is 6.61 Å². The van der Waals surface area contributed by atoms with Gasteiger partial charge in [-0.05, 0) is 16.7 Å². The molecule has 0 fully saturated rings. The number of hydrogen-bond acceptors (Lipinski definition) is 3. The number of amides is 1. The third-order valence-electron chi connectivity index (χ3n) is 4.50. The zero-order valence-corrected chi connectivity index (χ0v) is 15.2. The minimum atomic E-state index is -0.998. The Hall–Kier alpha value is -2.95. The summed E-state index contributed by atoms with van der Waals surface area (Å²) in [5, 5.41) is 0. The molecule has 138 valence electrons. The lowest BCUT2D eigenvalue weighted by Gasteiger charge is -2.38. The molecule has 0 aromatic heterocycles. The zero-order chi connectivity index (χ0) is 19.1. The first kappa shape index (κ1) is 18.8. The Balaban J connectivity index is 2.27. The lowest BCUT2D eigenvalue weighted by Crippen LogP contribution is -2.44. The van der Waals surface area contributed by atoms with Crippen molar-refractivity contribution in [2.24, 2.45) is 5.73 Å². The van der Waals surface area contributed by atoms with Gasteiger partial charge in [0, 0.05) is 7.11 Å². The van der Waals surface area contributed by atoms with Crippen molar-refractivity contribution in [3.8, 4) is 0 Å². The number of methoxy groups -OCH3 is 1. The van der Waals surface area contributed by atoms with Crippen molar-refractivity contribution in [2.75, 3.05) is 13.7 Å². The quantitative estimate of drug-likeness (QED) is 0.625. The Kier molecular flexibility index (Phi) is 6.01. The molecule has 0 saturated heterocycles. The van der Waals surface area contributed by atoms with Gasteiger partial charge in [-0.2, -0.15) is 0 Å². The molecule has 0 aliphatic rings. The maximum Gasteiger partial charge on any atom is 0.249 e. The lowest BCUT2D eigenvalue weighted by molar-refractivity contribution is -0.142. The number of rotatable bonds is 8. The molecular weight excluding hydrogens is 338 g/mol. The van der Waals surface area contributed by atoms with E-state index in [9.17, 15) is 4.79 Å². The number of hydrogen-bond donors (Lipinski definition) is 1. The summed E-state index contributed by atoms with van der Waals surface area (Å²) in [5.41, 5.74) is 7.34. The minimum absolute atomic E-state index is 0.0730. The van der Waals surface area contributed by atoms with Crippen molar-refractivity contribution < 1.29 is 14.3 Å². The van der Waals surface area contributed by atoms with Gasteiger partial charge in [0.1, 0.15) is 5.60 Å². The Morgan fingerprint density at radius 2 is 1.19 bits per heavy atom. The van der Waals surface area contributed by atoms with Crippen LogP contribution in [0.3, 0.4) is 0 Å². The van der Waals surface area contributed by atoms with Crippen LogP contribution in [0.15, 0.2) is 91.0 Å². The van der Waals surface area contributed by atoms with Gasteiger partial charge < -0.3 is 15.2 Å². The van der Waals surface area contributed by atoms with E-state index < -0.39 is 17.6 Å². The highest BCUT2D eigenvalue weighted by Crippen LogP contribution is 2.41. The van der Waals surface area contributed by atoms with Gasteiger partial charge in [0.15, 0.2) is 6.10 Å². The first-order valence-corrected chi connectivity index (χ1v) is 8.81. The molecule has 0 saturated carbocycles. The van der Waals surface area contributed by atoms with Crippen LogP contribution < -0.4 is 5.73 Å². The van der Waals surface area contributed by atoms with Crippen LogP contribution in [-0.2, 0) is 19.9 Å². The third-order valence-corrected chi connectivity index (χ3v) is 4.50. The highest BCUT2D eigenvalue weighted by molar-refractivity contribution is 5.79. The van der Waals surface area contributed by atoms with Crippen molar-refractivity contribution in [2.45, 2.75) is 11.7 Å². The summed E-state index contributed by atoms with van der Waals surface area (Å²) >= 11 is 0. The van der Waals surface area contributed by atoms with Crippen LogP contribution in [-0.4, -0.2) is 25.7 Å². The fraction of sp³-hybridized carbons (Fsp3) is 0.174. The molecule has 0 bridgehead atoms. The van der Waals surface area contributed by atoms with E-state index in [1.807, 2.05) is 91.0 Å². The molecule has 3 aromatic carbocycles. The monoisotopic (exact) mass is 361 g/mol. The summed E-state index contributed by atoms with van der Waals surface area (Å²) in [6, 6.07) is 29.5. The number of nitrogens with two attached hydrogens (primary N) is 1. The summed E-state index contributed by atoms with van der Waals surface area (Å²) < 4.78 is 11.7. The van der Waals surface area contributed by atoms with E-state index in [4.69, 9.17) is 15.2 Å². The smallest absolute Gasteiger partial charge is 0.249 e. The third kappa shape index (κ3) is 3.92. The summed E-state index contributed by atoms with van der Waals surface area (Å²) in [6.07, 6.45) is -0.907. The molecule has 27 heavy (non-hydrogen) atoms. The maximum atomic E-state index is 12.1. The molecular formula is C23H23NO3. The van der Waals surface area contributed by atoms with Gasteiger partial charge >= 0.3 is 0 Å². The Morgan fingerprint density at radius 1 is 0.815 bits per heavy atom. The Labute approximate surface area is 159 Å². The van der Waals surface area contributed by atoms with E-state index in [1.54, 1.807) is 0 Å². The zero-order valence-electron chi connectivity index (χ0n) is 15.2. The van der Waals surface area contributed by atoms with Crippen LogP contribution in [0, 0.1) is 0 Å². The van der Waals surface area contributed by atoms with Crippen LogP contribution in [0.2, 0.25) is 0 Å². The van der Waals surface area contributed by atoms with E-state index in [1.165, 1.54) is 7.11 Å². The second-order valence-corrected chi connectivity index (χ2v) is 6.24. The van der Waals surface area contributed by atoms with E-state index in [2.05, 4.69) is 0 Å². The standard InChI is InChI=1S/C23H23NO3/c1-26-17-21(22(24)25)27-23(18-11-5-2-6-12-18,19-13-7-3-8-14-19)20-15-9-4-10-16-20/h2-16,21H,17H2,1H3,(H2,24,25). The number of primary amides is 1. The number of carbonyl (C=O) groups is 1. The molecule has 1 amide bonds. The predicted molar refractivity (Wildman–Crippen MR) is 105 cm³/mol. The molecule has 4 heteroatoms. The van der Waals surface area contributed by atoms with Crippen LogP contribution in [0.1, 0.15) is 16.7 Å². The fourth-order valence-electron chi connectivity index (χ4n) is 3.26. The predicted octanol–water partition coefficient (Wildman–Crippen LogP) is 3.50. The molecule has 3 rings (SSSR count). The summed E-state index contributed by atoms with van der Waals surface area (Å²) in [6.45, 7) is 0.0730. The van der Waals surface area contributed by atoms with Crippen LogP contribution >= 0.6 is 0 Å². The average molecular weight is 361 g/mol. The highest BCUT2D eigenvalue weighted by atomic mass is 16.5. The van der Waals surface area contributed by atoms with E-state index in [0.717, 1.165) is 16.7 Å². The van der Waals surface area contributed by atoms with Crippen molar-refractivity contribution in [3.05, 3.63) is 108 Å². The van der Waals surface area contributed by atoms with Crippen molar-refractivity contribution in [3.63, 3.8) is 0 Å². The van der Waals surface area contributed by atoms with Crippen molar-refractivity contribution >= 4 is 5.91 Å². The van der Waals surface area contributed by atoms with Crippen LogP contribution in [0.5, 0.6) is 0 Å². The van der Waals surface area contributed by atoms with Crippen molar-refractivity contribution in [1.82, 2.24) is 0 Å². The molecule has 0 radical (unpaired) electrons. The average Bonchev–Trinajstić information content (AvgIpc) is 2.73. The number of benzene rings is 3. The molecule has 2 N–H and O–H groups in total. The van der Waals surface area contributed by atoms with Crippen molar-refractivity contribution in [1.29, 1.82) is 0 Å². The van der Waals surface area contributed by atoms with Gasteiger partial charge in [-0.3, -0.25) is 4.79 Å². The van der Waals surface area contributed by atoms with Gasteiger partial charge in [-0.15, -0.1) is 0 Å². The molecule has 1 atom stereocenters. The molecule has 0 aliphatic carbocycles. The van der Waals surface area contributed by atoms with Gasteiger partial charge in [-0.1, -0.05) is 91.0 Å². The molecule has 1 unspecified atom stereocenters. The molecule has 0 aliphatic heterocycles. The number of ether oxygens (including phenoxy) is 2. The van der Waals surface area contributed by atoms with Gasteiger partial charge in [0.2, 0.25) is 5.91 Å². The van der Waals surface area contributed by atoms with Crippen LogP contribution in [0.4, 0.5) is 0 Å². The van der Waals surface area contributed by atoms with Gasteiger partial charge in [0.05, 0.1) is 6.61 Å². The molecule has 4 nitrogen and oxygen atoms in total. The lowest BCUT2D eigenvalue weighted by atomic mass is 9.80. The highest BCUT2D eigenvalue weighted by Gasteiger charge is 2.41. The molecule has 0 spiro atoms. The second kappa shape index (κ2) is 8.62. The first-order valence-electron chi connectivity index (χ1n) is 8.81. The second-order valence-electron chi connectivity index (χ2n) is 6.24. The fourth-order valence-corrected chi connectivity index (χ4v) is 3.26. The van der Waals surface area contributed by atoms with Gasteiger partial charge in [-0.25, -0.2) is 0 Å². The van der Waals surface area contributed by atoms with Crippen LogP contribution in [0.25, 0.3) is 0 Å². The molecule has 3 aromatic rings. The Bertz CT molecular complexity index is 754. The summed E-state index contributed by atoms with van der Waals surface area (Å²) in [4.78, 5) is 12.1. The van der Waals surface area contributed by atoms with Gasteiger partial charge in [0.25, 0.3) is 0 Å². The Morgan fingerprint density at radius 3 is 1.48 bits per heavy atom. The maximum absolute atomic E-state index is 12.1. The first-order chi connectivity index (χ1) is 13.2. The van der Waals surface area contributed by atoms with E-state index >= 15 is 0 Å². The minimum Gasteiger partial charge on any atom is -0.381 e. The summed E-state index contributed by atoms with van der Waals surface area (Å²) in [7, 11) is 1.52. The van der Waals surface area contributed by atoms with E-state index in [0.29, 0.717) is 0 Å². The number of carbonyl (C=O) groups excluding carboxylic acids is 1. The normalized spacial score (nSPS) is 12.5.